The fourth-order valence-corrected chi connectivity index (χ4v) is 3.40. The number of carbonyl (C=O) groups is 2. The maximum atomic E-state index is 13.8. The van der Waals surface area contributed by atoms with Crippen molar-refractivity contribution in [3.63, 3.8) is 0 Å². The molecule has 3 aromatic heterocycles. The predicted octanol–water partition coefficient (Wildman–Crippen LogP) is 3.58. The van der Waals surface area contributed by atoms with Crippen molar-refractivity contribution in [2.24, 2.45) is 0 Å². The molecule has 0 fully saturated rings. The number of nitrogens with one attached hydrogen (secondary N) is 2. The summed E-state index contributed by atoms with van der Waals surface area (Å²) in [6, 6.07) is 10.7. The molecule has 0 aliphatic heterocycles. The Hall–Kier alpha value is -3.86. The number of benzene rings is 1. The number of hydrogen-bond acceptors (Lipinski definition) is 4. The fraction of sp³-hybridized carbons (Fsp3) is 0.100. The maximum absolute atomic E-state index is 13.8. The summed E-state index contributed by atoms with van der Waals surface area (Å²) < 4.78 is 43.4. The lowest BCUT2D eigenvalue weighted by Gasteiger charge is -2.13. The molecule has 2 N–H and O–H groups in total. The van der Waals surface area contributed by atoms with Gasteiger partial charge in [-0.2, -0.15) is 18.3 Å². The van der Waals surface area contributed by atoms with Gasteiger partial charge < -0.3 is 0 Å². The third kappa shape index (κ3) is 3.89. The van der Waals surface area contributed by atoms with E-state index in [1.165, 1.54) is 28.7 Å². The first-order chi connectivity index (χ1) is 15.2. The normalized spacial score (nSPS) is 11.5. The van der Waals surface area contributed by atoms with Crippen LogP contribution in [0.4, 0.5) is 13.2 Å². The molecule has 1 aromatic carbocycles. The topological polar surface area (TPSA) is 93.3 Å². The largest absolute Gasteiger partial charge is 0.434 e. The summed E-state index contributed by atoms with van der Waals surface area (Å²) in [5, 5.41) is 3.90. The van der Waals surface area contributed by atoms with Gasteiger partial charge in [0.2, 0.25) is 0 Å². The third-order valence-electron chi connectivity index (χ3n) is 4.54. The van der Waals surface area contributed by atoms with Gasteiger partial charge in [-0.3, -0.25) is 24.8 Å². The molecule has 0 saturated heterocycles. The molecule has 0 aliphatic rings. The van der Waals surface area contributed by atoms with Crippen molar-refractivity contribution in [1.82, 2.24) is 30.0 Å². The average Bonchev–Trinajstić information content (AvgIpc) is 3.32. The Kier molecular flexibility index (Phi) is 5.35. The molecule has 0 unspecified atom stereocenters. The zero-order valence-electron chi connectivity index (χ0n) is 16.3. The van der Waals surface area contributed by atoms with Crippen LogP contribution in [0.1, 0.15) is 32.2 Å². The quantitative estimate of drug-likeness (QED) is 0.455. The van der Waals surface area contributed by atoms with E-state index in [9.17, 15) is 22.8 Å². The first kappa shape index (κ1) is 21.4. The number of rotatable bonds is 3. The number of hydrogen-bond donors (Lipinski definition) is 2. The van der Waals surface area contributed by atoms with E-state index in [0.29, 0.717) is 16.0 Å². The molecular weight excluding hydrogens is 449 g/mol. The first-order valence-electron chi connectivity index (χ1n) is 9.12. The fourth-order valence-electron chi connectivity index (χ4n) is 3.22. The van der Waals surface area contributed by atoms with Crippen LogP contribution in [0.3, 0.4) is 0 Å². The second-order valence-electron chi connectivity index (χ2n) is 6.68. The van der Waals surface area contributed by atoms with Crippen molar-refractivity contribution in [1.29, 1.82) is 0 Å². The maximum Gasteiger partial charge on any atom is 0.434 e. The van der Waals surface area contributed by atoms with Gasteiger partial charge in [-0.05, 0) is 37.3 Å². The van der Waals surface area contributed by atoms with Gasteiger partial charge in [-0.1, -0.05) is 23.7 Å². The number of hydrazine groups is 1. The number of nitrogens with zero attached hydrogens (tertiary/aromatic N) is 4. The summed E-state index contributed by atoms with van der Waals surface area (Å²) in [7, 11) is 0. The molecule has 32 heavy (non-hydrogen) atoms. The highest BCUT2D eigenvalue weighted by Gasteiger charge is 2.40. The Balaban J connectivity index is 1.61. The number of alkyl halides is 3. The smallest absolute Gasteiger partial charge is 0.295 e. The summed E-state index contributed by atoms with van der Waals surface area (Å²) in [4.78, 5) is 29.3. The van der Waals surface area contributed by atoms with Crippen molar-refractivity contribution < 1.29 is 22.8 Å². The molecule has 0 bridgehead atoms. The van der Waals surface area contributed by atoms with Crippen LogP contribution in [0, 0.1) is 6.92 Å². The van der Waals surface area contributed by atoms with E-state index in [0.717, 1.165) is 6.20 Å². The van der Waals surface area contributed by atoms with Crippen LogP contribution >= 0.6 is 11.6 Å². The van der Waals surface area contributed by atoms with Crippen LogP contribution < -0.4 is 10.9 Å². The Bertz CT molecular complexity index is 1340. The molecule has 12 heteroatoms. The van der Waals surface area contributed by atoms with Gasteiger partial charge in [0.05, 0.1) is 23.1 Å². The SMILES string of the molecule is Cc1nc2ccccn2c1C(=O)NNC(=O)c1cnn(-c2cccc(Cl)c2)c1C(F)(F)F. The summed E-state index contributed by atoms with van der Waals surface area (Å²) in [5.41, 5.74) is 3.10. The minimum absolute atomic E-state index is 0.0225. The number of carbonyl (C=O) groups excluding carboxylic acids is 2. The van der Waals surface area contributed by atoms with E-state index in [4.69, 9.17) is 11.6 Å². The van der Waals surface area contributed by atoms with Crippen molar-refractivity contribution >= 4 is 29.1 Å². The minimum Gasteiger partial charge on any atom is -0.295 e. The first-order valence-corrected chi connectivity index (χ1v) is 9.50. The third-order valence-corrected chi connectivity index (χ3v) is 4.78. The van der Waals surface area contributed by atoms with Crippen LogP contribution in [-0.2, 0) is 6.18 Å². The molecule has 4 aromatic rings. The second-order valence-corrected chi connectivity index (χ2v) is 7.12. The predicted molar refractivity (Wildman–Crippen MR) is 108 cm³/mol. The number of pyridine rings is 1. The molecule has 0 saturated carbocycles. The van der Waals surface area contributed by atoms with E-state index in [1.54, 1.807) is 31.3 Å². The van der Waals surface area contributed by atoms with Crippen LogP contribution in [-0.4, -0.2) is 31.0 Å². The van der Waals surface area contributed by atoms with Gasteiger partial charge in [0.1, 0.15) is 11.3 Å². The van der Waals surface area contributed by atoms with Crippen LogP contribution in [0.2, 0.25) is 5.02 Å². The molecule has 0 aliphatic carbocycles. The monoisotopic (exact) mass is 462 g/mol. The lowest BCUT2D eigenvalue weighted by molar-refractivity contribution is -0.143. The number of fused-ring (bicyclic) bond motifs is 1. The molecule has 0 radical (unpaired) electrons. The van der Waals surface area contributed by atoms with Crippen molar-refractivity contribution in [3.05, 3.63) is 82.5 Å². The minimum atomic E-state index is -4.91. The van der Waals surface area contributed by atoms with E-state index < -0.39 is 29.2 Å². The zero-order chi connectivity index (χ0) is 23.0. The zero-order valence-corrected chi connectivity index (χ0v) is 17.1. The van der Waals surface area contributed by atoms with Crippen molar-refractivity contribution in [3.8, 4) is 5.69 Å². The van der Waals surface area contributed by atoms with Crippen LogP contribution in [0.25, 0.3) is 11.3 Å². The lowest BCUT2D eigenvalue weighted by Crippen LogP contribution is -2.42. The lowest BCUT2D eigenvalue weighted by atomic mass is 10.2. The number of aromatic nitrogens is 4. The molecule has 0 atom stereocenters. The molecular formula is C20H14ClF3N6O2. The van der Waals surface area contributed by atoms with Gasteiger partial charge >= 0.3 is 6.18 Å². The Labute approximate surface area is 183 Å². The molecule has 164 valence electrons. The van der Waals surface area contributed by atoms with E-state index in [-0.39, 0.29) is 16.4 Å². The molecule has 4 rings (SSSR count). The highest BCUT2D eigenvalue weighted by atomic mass is 35.5. The molecule has 8 nitrogen and oxygen atoms in total. The molecule has 2 amide bonds. The second kappa shape index (κ2) is 8.00. The Morgan fingerprint density at radius 2 is 1.81 bits per heavy atom. The molecule has 0 spiro atoms. The van der Waals surface area contributed by atoms with Crippen molar-refractivity contribution in [2.75, 3.05) is 0 Å². The average molecular weight is 463 g/mol. The van der Waals surface area contributed by atoms with Crippen LogP contribution in [0.5, 0.6) is 0 Å². The number of amides is 2. The number of aryl methyl sites for hydroxylation is 1. The summed E-state index contributed by atoms with van der Waals surface area (Å²) in [6.07, 6.45) is -2.54. The Morgan fingerprint density at radius 1 is 1.06 bits per heavy atom. The highest BCUT2D eigenvalue weighted by molar-refractivity contribution is 6.30. The van der Waals surface area contributed by atoms with E-state index in [2.05, 4.69) is 15.5 Å². The number of imidazole rings is 1. The van der Waals surface area contributed by atoms with Gasteiger partial charge in [0.25, 0.3) is 11.8 Å². The van der Waals surface area contributed by atoms with Gasteiger partial charge in [-0.25, -0.2) is 9.67 Å². The van der Waals surface area contributed by atoms with E-state index in [1.807, 2.05) is 5.43 Å². The summed E-state index contributed by atoms with van der Waals surface area (Å²) >= 11 is 5.86. The van der Waals surface area contributed by atoms with Crippen LogP contribution in [0.15, 0.2) is 54.9 Å². The summed E-state index contributed by atoms with van der Waals surface area (Å²) in [5.74, 6) is -1.93. The van der Waals surface area contributed by atoms with Gasteiger partial charge in [0, 0.05) is 11.2 Å². The van der Waals surface area contributed by atoms with Gasteiger partial charge in [-0.15, -0.1) is 0 Å². The summed E-state index contributed by atoms with van der Waals surface area (Å²) in [6.45, 7) is 1.60. The highest BCUT2D eigenvalue weighted by Crippen LogP contribution is 2.34. The van der Waals surface area contributed by atoms with E-state index >= 15 is 0 Å². The Morgan fingerprint density at radius 3 is 2.53 bits per heavy atom. The number of halogens is 4. The standard InChI is InChI=1S/C20H14ClF3N6O2/c1-11-16(29-8-3-2-7-15(29)26-11)19(32)28-27-18(31)14-10-25-30(17(14)20(22,23)24)13-6-4-5-12(21)9-13/h2-10H,1H3,(H,27,31)(H,28,32). The molecule has 3 heterocycles. The van der Waals surface area contributed by atoms with Gasteiger partial charge in [0.15, 0.2) is 5.69 Å². The van der Waals surface area contributed by atoms with Crippen molar-refractivity contribution in [2.45, 2.75) is 13.1 Å².